The Morgan fingerprint density at radius 1 is 1.09 bits per heavy atom. The summed E-state index contributed by atoms with van der Waals surface area (Å²) in [5, 5.41) is 12.3. The molecule has 0 radical (unpaired) electrons. The van der Waals surface area contributed by atoms with Gasteiger partial charge in [0.2, 0.25) is 0 Å². The van der Waals surface area contributed by atoms with E-state index in [9.17, 15) is 0 Å². The number of benzene rings is 1. The molecule has 2 aliphatic rings. The SMILES string of the molecule is c1ccc(CCn2nnnc2CN2CCN3CCC[C@@H]3C2)cc1. The molecule has 2 fully saturated rings. The van der Waals surface area contributed by atoms with Crippen molar-refractivity contribution in [3.8, 4) is 0 Å². The Hall–Kier alpha value is -1.79. The second-order valence-corrected chi connectivity index (χ2v) is 6.62. The normalized spacial score (nSPS) is 22.3. The van der Waals surface area contributed by atoms with Crippen LogP contribution >= 0.6 is 0 Å². The van der Waals surface area contributed by atoms with E-state index in [1.54, 1.807) is 0 Å². The molecule has 1 aromatic carbocycles. The molecule has 0 spiro atoms. The molecule has 3 heterocycles. The summed E-state index contributed by atoms with van der Waals surface area (Å²) in [6.07, 6.45) is 3.66. The molecule has 2 aliphatic heterocycles. The number of nitrogens with zero attached hydrogens (tertiary/aromatic N) is 6. The third kappa shape index (κ3) is 3.43. The van der Waals surface area contributed by atoms with Crippen molar-refractivity contribution < 1.29 is 0 Å². The molecule has 0 aliphatic carbocycles. The van der Waals surface area contributed by atoms with Gasteiger partial charge in [-0.05, 0) is 41.8 Å². The molecule has 23 heavy (non-hydrogen) atoms. The fourth-order valence-corrected chi connectivity index (χ4v) is 3.79. The van der Waals surface area contributed by atoms with E-state index in [1.807, 2.05) is 4.68 Å². The van der Waals surface area contributed by atoms with Gasteiger partial charge in [0, 0.05) is 32.2 Å². The van der Waals surface area contributed by atoms with Crippen molar-refractivity contribution in [1.82, 2.24) is 30.0 Å². The van der Waals surface area contributed by atoms with Gasteiger partial charge in [0.1, 0.15) is 0 Å². The molecule has 0 unspecified atom stereocenters. The summed E-state index contributed by atoms with van der Waals surface area (Å²) in [7, 11) is 0. The highest BCUT2D eigenvalue weighted by Gasteiger charge is 2.30. The molecule has 2 saturated heterocycles. The Kier molecular flexibility index (Phi) is 4.35. The van der Waals surface area contributed by atoms with E-state index in [-0.39, 0.29) is 0 Å². The Balaban J connectivity index is 1.35. The average Bonchev–Trinajstić information content (AvgIpc) is 3.22. The number of hydrogen-bond acceptors (Lipinski definition) is 5. The molecule has 1 atom stereocenters. The van der Waals surface area contributed by atoms with E-state index in [0.29, 0.717) is 0 Å². The zero-order chi connectivity index (χ0) is 15.5. The molecule has 0 bridgehead atoms. The van der Waals surface area contributed by atoms with Gasteiger partial charge in [-0.3, -0.25) is 9.80 Å². The highest BCUT2D eigenvalue weighted by Crippen LogP contribution is 2.22. The van der Waals surface area contributed by atoms with Crippen LogP contribution in [0.5, 0.6) is 0 Å². The fourth-order valence-electron chi connectivity index (χ4n) is 3.79. The summed E-state index contributed by atoms with van der Waals surface area (Å²) < 4.78 is 1.97. The minimum Gasteiger partial charge on any atom is -0.298 e. The first-order valence-corrected chi connectivity index (χ1v) is 8.64. The lowest BCUT2D eigenvalue weighted by molar-refractivity contribution is 0.0962. The number of tetrazole rings is 1. The predicted octanol–water partition coefficient (Wildman–Crippen LogP) is 1.20. The monoisotopic (exact) mass is 312 g/mol. The Morgan fingerprint density at radius 2 is 2.00 bits per heavy atom. The first-order valence-electron chi connectivity index (χ1n) is 8.64. The van der Waals surface area contributed by atoms with Crippen LogP contribution in [-0.4, -0.2) is 62.2 Å². The van der Waals surface area contributed by atoms with Crippen molar-refractivity contribution in [2.75, 3.05) is 26.2 Å². The zero-order valence-corrected chi connectivity index (χ0v) is 13.5. The van der Waals surface area contributed by atoms with E-state index in [2.05, 4.69) is 55.7 Å². The van der Waals surface area contributed by atoms with Gasteiger partial charge in [0.05, 0.1) is 6.54 Å². The van der Waals surface area contributed by atoms with E-state index in [0.717, 1.165) is 44.5 Å². The summed E-state index contributed by atoms with van der Waals surface area (Å²) in [5.41, 5.74) is 1.33. The van der Waals surface area contributed by atoms with Crippen molar-refractivity contribution in [2.45, 2.75) is 38.4 Å². The molecule has 0 saturated carbocycles. The van der Waals surface area contributed by atoms with Crippen LogP contribution in [0.2, 0.25) is 0 Å². The van der Waals surface area contributed by atoms with E-state index in [1.165, 1.54) is 31.5 Å². The largest absolute Gasteiger partial charge is 0.298 e. The van der Waals surface area contributed by atoms with Gasteiger partial charge >= 0.3 is 0 Å². The molecular formula is C17H24N6. The van der Waals surface area contributed by atoms with Crippen LogP contribution in [0.1, 0.15) is 24.2 Å². The second-order valence-electron chi connectivity index (χ2n) is 6.62. The molecule has 122 valence electrons. The number of aromatic nitrogens is 4. The lowest BCUT2D eigenvalue weighted by atomic mass is 10.1. The van der Waals surface area contributed by atoms with Crippen molar-refractivity contribution in [3.05, 3.63) is 41.7 Å². The summed E-state index contributed by atoms with van der Waals surface area (Å²) >= 11 is 0. The quantitative estimate of drug-likeness (QED) is 0.830. The first-order chi connectivity index (χ1) is 11.4. The van der Waals surface area contributed by atoms with E-state index in [4.69, 9.17) is 0 Å². The smallest absolute Gasteiger partial charge is 0.165 e. The summed E-state index contributed by atoms with van der Waals surface area (Å²) in [6, 6.07) is 11.3. The van der Waals surface area contributed by atoms with Crippen LogP contribution in [0.25, 0.3) is 0 Å². The molecule has 6 nitrogen and oxygen atoms in total. The number of rotatable bonds is 5. The third-order valence-corrected chi connectivity index (χ3v) is 5.10. The molecule has 4 rings (SSSR count). The number of aryl methyl sites for hydroxylation is 2. The highest BCUT2D eigenvalue weighted by molar-refractivity contribution is 5.14. The zero-order valence-electron chi connectivity index (χ0n) is 13.5. The molecular weight excluding hydrogens is 288 g/mol. The van der Waals surface area contributed by atoms with Crippen LogP contribution in [0.15, 0.2) is 30.3 Å². The maximum atomic E-state index is 4.25. The molecule has 1 aromatic heterocycles. The van der Waals surface area contributed by atoms with Gasteiger partial charge in [-0.2, -0.15) is 0 Å². The Labute approximate surface area is 137 Å². The van der Waals surface area contributed by atoms with Crippen LogP contribution in [0, 0.1) is 0 Å². The Morgan fingerprint density at radius 3 is 2.91 bits per heavy atom. The first kappa shape index (κ1) is 14.8. The fraction of sp³-hybridized carbons (Fsp3) is 0.588. The highest BCUT2D eigenvalue weighted by atomic mass is 15.5. The summed E-state index contributed by atoms with van der Waals surface area (Å²) in [6.45, 7) is 6.47. The van der Waals surface area contributed by atoms with Crippen molar-refractivity contribution in [1.29, 1.82) is 0 Å². The topological polar surface area (TPSA) is 50.1 Å². The third-order valence-electron chi connectivity index (χ3n) is 5.10. The molecule has 2 aromatic rings. The lowest BCUT2D eigenvalue weighted by Crippen LogP contribution is -2.49. The van der Waals surface area contributed by atoms with Crippen molar-refractivity contribution >= 4 is 0 Å². The molecule has 6 heteroatoms. The standard InChI is InChI=1S/C17H24N6/c1-2-5-15(6-3-1)8-10-23-17(18-19-20-23)14-21-11-12-22-9-4-7-16(22)13-21/h1-3,5-6,16H,4,7-14H2/t16-/m1/s1. The molecule has 0 N–H and O–H groups in total. The maximum absolute atomic E-state index is 4.25. The lowest BCUT2D eigenvalue weighted by Gasteiger charge is -2.37. The van der Waals surface area contributed by atoms with Crippen LogP contribution < -0.4 is 0 Å². The number of hydrogen-bond donors (Lipinski definition) is 0. The summed E-state index contributed by atoms with van der Waals surface area (Å²) in [4.78, 5) is 5.14. The second kappa shape index (κ2) is 6.76. The average molecular weight is 312 g/mol. The van der Waals surface area contributed by atoms with Crippen LogP contribution in [-0.2, 0) is 19.5 Å². The van der Waals surface area contributed by atoms with Gasteiger partial charge in [0.25, 0.3) is 0 Å². The Bertz CT molecular complexity index is 625. The number of piperazine rings is 1. The van der Waals surface area contributed by atoms with Crippen LogP contribution in [0.4, 0.5) is 0 Å². The maximum Gasteiger partial charge on any atom is 0.165 e. The van der Waals surface area contributed by atoms with Gasteiger partial charge in [-0.1, -0.05) is 30.3 Å². The van der Waals surface area contributed by atoms with E-state index >= 15 is 0 Å². The predicted molar refractivity (Wildman–Crippen MR) is 87.8 cm³/mol. The minimum absolute atomic E-state index is 0.748. The molecule has 0 amide bonds. The summed E-state index contributed by atoms with van der Waals surface area (Å²) in [5.74, 6) is 0.993. The van der Waals surface area contributed by atoms with Crippen molar-refractivity contribution in [2.24, 2.45) is 0 Å². The van der Waals surface area contributed by atoms with E-state index < -0.39 is 0 Å². The van der Waals surface area contributed by atoms with Gasteiger partial charge in [-0.25, -0.2) is 4.68 Å². The van der Waals surface area contributed by atoms with Crippen molar-refractivity contribution in [3.63, 3.8) is 0 Å². The van der Waals surface area contributed by atoms with Gasteiger partial charge in [0.15, 0.2) is 5.82 Å². The minimum atomic E-state index is 0.748. The van der Waals surface area contributed by atoms with Gasteiger partial charge < -0.3 is 0 Å². The number of fused-ring (bicyclic) bond motifs is 1. The van der Waals surface area contributed by atoms with Crippen LogP contribution in [0.3, 0.4) is 0 Å². The van der Waals surface area contributed by atoms with Gasteiger partial charge in [-0.15, -0.1) is 5.10 Å².